The first-order chi connectivity index (χ1) is 12.1. The maximum absolute atomic E-state index is 13.7. The number of morpholine rings is 1. The van der Waals surface area contributed by atoms with Gasteiger partial charge in [0.05, 0.1) is 19.3 Å². The van der Waals surface area contributed by atoms with Crippen LogP contribution in [0.4, 0.5) is 4.39 Å². The minimum Gasteiger partial charge on any atom is -0.379 e. The summed E-state index contributed by atoms with van der Waals surface area (Å²) in [5.41, 5.74) is 1.63. The van der Waals surface area contributed by atoms with Gasteiger partial charge in [0, 0.05) is 25.5 Å². The molecule has 1 amide bonds. The summed E-state index contributed by atoms with van der Waals surface area (Å²) >= 11 is 0. The lowest BCUT2D eigenvalue weighted by molar-refractivity contribution is -0.129. The van der Waals surface area contributed by atoms with Gasteiger partial charge in [-0.25, -0.2) is 4.39 Å². The Morgan fingerprint density at radius 1 is 1.20 bits per heavy atom. The number of nitrogens with one attached hydrogen (secondary N) is 1. The highest BCUT2D eigenvalue weighted by Gasteiger charge is 2.30. The molecule has 1 aromatic heterocycles. The Morgan fingerprint density at radius 3 is 2.60 bits per heavy atom. The van der Waals surface area contributed by atoms with Crippen molar-refractivity contribution in [2.24, 2.45) is 0 Å². The normalized spacial score (nSPS) is 17.7. The lowest BCUT2D eigenvalue weighted by Gasteiger charge is -2.34. The Bertz CT molecular complexity index is 705. The van der Waals surface area contributed by atoms with Gasteiger partial charge in [0.25, 0.3) is 0 Å². The molecule has 0 bridgehead atoms. The Morgan fingerprint density at radius 2 is 1.92 bits per heavy atom. The molecule has 2 aromatic rings. The zero-order valence-electron chi connectivity index (χ0n) is 14.2. The van der Waals surface area contributed by atoms with Crippen molar-refractivity contribution >= 4 is 5.91 Å². The molecule has 1 aromatic carbocycles. The summed E-state index contributed by atoms with van der Waals surface area (Å²) in [5.74, 6) is -0.484. The molecule has 1 aliphatic heterocycles. The van der Waals surface area contributed by atoms with Crippen LogP contribution in [0.3, 0.4) is 0 Å². The topological polar surface area (TPSA) is 54.5 Å². The first-order valence-electron chi connectivity index (χ1n) is 8.42. The van der Waals surface area contributed by atoms with Crippen molar-refractivity contribution in [3.8, 4) is 0 Å². The van der Waals surface area contributed by atoms with E-state index in [1.807, 2.05) is 24.0 Å². The molecule has 0 spiro atoms. The molecule has 2 heterocycles. The van der Waals surface area contributed by atoms with Gasteiger partial charge in [-0.3, -0.25) is 14.7 Å². The molecular weight excluding hydrogens is 321 g/mol. The van der Waals surface area contributed by atoms with Gasteiger partial charge in [0.15, 0.2) is 0 Å². The van der Waals surface area contributed by atoms with Crippen molar-refractivity contribution in [3.05, 3.63) is 65.7 Å². The van der Waals surface area contributed by atoms with Crippen LogP contribution in [-0.4, -0.2) is 42.1 Å². The van der Waals surface area contributed by atoms with E-state index in [4.69, 9.17) is 4.74 Å². The monoisotopic (exact) mass is 343 g/mol. The predicted molar refractivity (Wildman–Crippen MR) is 92.3 cm³/mol. The number of aromatic nitrogens is 1. The van der Waals surface area contributed by atoms with Crippen LogP contribution < -0.4 is 5.32 Å². The zero-order valence-corrected chi connectivity index (χ0v) is 14.2. The number of pyridine rings is 1. The second-order valence-corrected chi connectivity index (χ2v) is 6.12. The molecule has 6 heteroatoms. The maximum Gasteiger partial charge on any atom is 0.242 e. The largest absolute Gasteiger partial charge is 0.379 e. The molecule has 0 saturated carbocycles. The molecule has 5 nitrogen and oxygen atoms in total. The number of benzene rings is 1. The fourth-order valence-corrected chi connectivity index (χ4v) is 3.07. The highest BCUT2D eigenvalue weighted by Crippen LogP contribution is 2.24. The highest BCUT2D eigenvalue weighted by molar-refractivity contribution is 5.83. The SMILES string of the molecule is C[C@H](NC(=O)[C@@H](c1cccc(F)c1)N1CCOCC1)c1ccncc1. The van der Waals surface area contributed by atoms with E-state index >= 15 is 0 Å². The van der Waals surface area contributed by atoms with E-state index in [0.717, 1.165) is 5.56 Å². The molecule has 25 heavy (non-hydrogen) atoms. The van der Waals surface area contributed by atoms with Crippen molar-refractivity contribution in [2.45, 2.75) is 19.0 Å². The van der Waals surface area contributed by atoms with Gasteiger partial charge in [0.1, 0.15) is 11.9 Å². The molecule has 0 unspecified atom stereocenters. The van der Waals surface area contributed by atoms with Gasteiger partial charge < -0.3 is 10.1 Å². The minimum absolute atomic E-state index is 0.142. The Kier molecular flexibility index (Phi) is 5.73. The summed E-state index contributed by atoms with van der Waals surface area (Å²) in [5, 5.41) is 3.04. The standard InChI is InChI=1S/C19H22FN3O2/c1-14(15-5-7-21-8-6-15)22-19(24)18(23-9-11-25-12-10-23)16-3-2-4-17(20)13-16/h2-8,13-14,18H,9-12H2,1H3,(H,22,24)/t14-,18+/m0/s1. The number of rotatable bonds is 5. The summed E-state index contributed by atoms with van der Waals surface area (Å²) in [7, 11) is 0. The Balaban J connectivity index is 1.81. The van der Waals surface area contributed by atoms with Crippen molar-refractivity contribution in [2.75, 3.05) is 26.3 Å². The lowest BCUT2D eigenvalue weighted by atomic mass is 10.0. The molecule has 0 radical (unpaired) electrons. The third-order valence-corrected chi connectivity index (χ3v) is 4.39. The second-order valence-electron chi connectivity index (χ2n) is 6.12. The average Bonchev–Trinajstić information content (AvgIpc) is 2.63. The van der Waals surface area contributed by atoms with Crippen LogP contribution in [0.25, 0.3) is 0 Å². The van der Waals surface area contributed by atoms with Crippen LogP contribution >= 0.6 is 0 Å². The van der Waals surface area contributed by atoms with E-state index in [1.165, 1.54) is 12.1 Å². The van der Waals surface area contributed by atoms with Gasteiger partial charge in [0.2, 0.25) is 5.91 Å². The van der Waals surface area contributed by atoms with Crippen molar-refractivity contribution in [1.29, 1.82) is 0 Å². The summed E-state index contributed by atoms with van der Waals surface area (Å²) in [6, 6.07) is 9.29. The van der Waals surface area contributed by atoms with Crippen molar-refractivity contribution < 1.29 is 13.9 Å². The molecule has 1 saturated heterocycles. The Labute approximate surface area is 146 Å². The molecular formula is C19H22FN3O2. The summed E-state index contributed by atoms with van der Waals surface area (Å²) in [4.78, 5) is 19.0. The number of carbonyl (C=O) groups is 1. The zero-order chi connectivity index (χ0) is 17.6. The maximum atomic E-state index is 13.7. The van der Waals surface area contributed by atoms with Crippen molar-refractivity contribution in [3.63, 3.8) is 0 Å². The van der Waals surface area contributed by atoms with Gasteiger partial charge in [-0.1, -0.05) is 12.1 Å². The van der Waals surface area contributed by atoms with Crippen LogP contribution in [0.15, 0.2) is 48.8 Å². The van der Waals surface area contributed by atoms with Crippen LogP contribution in [-0.2, 0) is 9.53 Å². The van der Waals surface area contributed by atoms with E-state index in [2.05, 4.69) is 10.3 Å². The molecule has 0 aliphatic carbocycles. The third kappa shape index (κ3) is 4.41. The number of carbonyl (C=O) groups excluding carboxylic acids is 1. The van der Waals surface area contributed by atoms with Crippen molar-refractivity contribution in [1.82, 2.24) is 15.2 Å². The minimum atomic E-state index is -0.538. The van der Waals surface area contributed by atoms with Gasteiger partial charge in [-0.15, -0.1) is 0 Å². The van der Waals surface area contributed by atoms with Crippen LogP contribution in [0.5, 0.6) is 0 Å². The number of ether oxygens (including phenoxy) is 1. The third-order valence-electron chi connectivity index (χ3n) is 4.39. The van der Waals surface area contributed by atoms with Crippen LogP contribution in [0.1, 0.15) is 30.1 Å². The number of halogens is 1. The fraction of sp³-hybridized carbons (Fsp3) is 0.368. The second kappa shape index (κ2) is 8.18. The van der Waals surface area contributed by atoms with E-state index < -0.39 is 6.04 Å². The van der Waals surface area contributed by atoms with Gasteiger partial charge in [-0.2, -0.15) is 0 Å². The first kappa shape index (κ1) is 17.5. The quantitative estimate of drug-likeness (QED) is 0.906. The average molecular weight is 343 g/mol. The predicted octanol–water partition coefficient (Wildman–Crippen LogP) is 2.47. The molecule has 3 rings (SSSR count). The van der Waals surface area contributed by atoms with E-state index in [-0.39, 0.29) is 17.8 Å². The number of hydrogen-bond donors (Lipinski definition) is 1. The molecule has 1 fully saturated rings. The van der Waals surface area contributed by atoms with Crippen LogP contribution in [0.2, 0.25) is 0 Å². The van der Waals surface area contributed by atoms with E-state index in [0.29, 0.717) is 31.9 Å². The summed E-state index contributed by atoms with van der Waals surface area (Å²) < 4.78 is 19.1. The smallest absolute Gasteiger partial charge is 0.242 e. The molecule has 132 valence electrons. The molecule has 1 aliphatic rings. The first-order valence-corrected chi connectivity index (χ1v) is 8.42. The summed E-state index contributed by atoms with van der Waals surface area (Å²) in [6.07, 6.45) is 3.40. The van der Waals surface area contributed by atoms with Gasteiger partial charge >= 0.3 is 0 Å². The van der Waals surface area contributed by atoms with E-state index in [1.54, 1.807) is 24.5 Å². The highest BCUT2D eigenvalue weighted by atomic mass is 19.1. The molecule has 2 atom stereocenters. The number of amides is 1. The lowest BCUT2D eigenvalue weighted by Crippen LogP contribution is -2.46. The number of hydrogen-bond acceptors (Lipinski definition) is 4. The van der Waals surface area contributed by atoms with Crippen LogP contribution in [0, 0.1) is 5.82 Å². The fourth-order valence-electron chi connectivity index (χ4n) is 3.07. The van der Waals surface area contributed by atoms with Gasteiger partial charge in [-0.05, 0) is 42.3 Å². The van der Waals surface area contributed by atoms with E-state index in [9.17, 15) is 9.18 Å². The molecule has 1 N–H and O–H groups in total. The number of nitrogens with zero attached hydrogens (tertiary/aromatic N) is 2. The summed E-state index contributed by atoms with van der Waals surface area (Å²) in [6.45, 7) is 4.34. The Hall–Kier alpha value is -2.31.